The van der Waals surface area contributed by atoms with Crippen LogP contribution < -0.4 is 14.8 Å². The zero-order valence-electron chi connectivity index (χ0n) is 13.6. The molecule has 0 saturated carbocycles. The molecule has 0 fully saturated rings. The van der Waals surface area contributed by atoms with Crippen LogP contribution >= 0.6 is 12.4 Å². The van der Waals surface area contributed by atoms with Crippen molar-refractivity contribution in [3.05, 3.63) is 53.1 Å². The van der Waals surface area contributed by atoms with Crippen LogP contribution in [-0.2, 0) is 23.0 Å². The Morgan fingerprint density at radius 2 is 1.92 bits per heavy atom. The topological polar surface area (TPSA) is 67.4 Å². The Labute approximate surface area is 148 Å². The van der Waals surface area contributed by atoms with Crippen LogP contribution in [-0.4, -0.2) is 22.1 Å². The van der Waals surface area contributed by atoms with E-state index in [1.807, 2.05) is 25.1 Å². The second-order valence-corrected chi connectivity index (χ2v) is 7.32. The fourth-order valence-electron chi connectivity index (χ4n) is 2.74. The van der Waals surface area contributed by atoms with Gasteiger partial charge in [0.15, 0.2) is 0 Å². The molecule has 0 bridgehead atoms. The quantitative estimate of drug-likeness (QED) is 0.870. The Morgan fingerprint density at radius 1 is 1.12 bits per heavy atom. The van der Waals surface area contributed by atoms with Crippen LogP contribution in [0.1, 0.15) is 16.7 Å². The third kappa shape index (κ3) is 3.83. The molecule has 1 heterocycles. The van der Waals surface area contributed by atoms with Crippen molar-refractivity contribution < 1.29 is 13.2 Å². The van der Waals surface area contributed by atoms with Gasteiger partial charge in [0.2, 0.25) is 0 Å². The van der Waals surface area contributed by atoms with Crippen molar-refractivity contribution in [2.24, 2.45) is 0 Å². The van der Waals surface area contributed by atoms with Gasteiger partial charge >= 0.3 is 0 Å². The number of rotatable bonds is 4. The van der Waals surface area contributed by atoms with Crippen molar-refractivity contribution in [3.8, 4) is 5.75 Å². The van der Waals surface area contributed by atoms with E-state index in [-0.39, 0.29) is 17.3 Å². The molecule has 5 nitrogen and oxygen atoms in total. The minimum atomic E-state index is -3.70. The Kier molecular flexibility index (Phi) is 5.74. The molecule has 0 amide bonds. The molecule has 0 spiro atoms. The first kappa shape index (κ1) is 18.6. The number of anilines is 1. The van der Waals surface area contributed by atoms with Crippen LogP contribution in [0.25, 0.3) is 0 Å². The molecule has 24 heavy (non-hydrogen) atoms. The monoisotopic (exact) mass is 368 g/mol. The summed E-state index contributed by atoms with van der Waals surface area (Å²) in [4.78, 5) is 0.152. The fraction of sp³-hybridized carbons (Fsp3) is 0.294. The summed E-state index contributed by atoms with van der Waals surface area (Å²) in [5.74, 6) is 0.338. The Hall–Kier alpha value is -1.76. The highest BCUT2D eigenvalue weighted by atomic mass is 35.5. The lowest BCUT2D eigenvalue weighted by atomic mass is 10.0. The second kappa shape index (κ2) is 7.42. The highest BCUT2D eigenvalue weighted by Gasteiger charge is 2.20. The lowest BCUT2D eigenvalue weighted by Crippen LogP contribution is -2.23. The van der Waals surface area contributed by atoms with E-state index in [2.05, 4.69) is 10.0 Å². The van der Waals surface area contributed by atoms with Gasteiger partial charge in [-0.3, -0.25) is 4.72 Å². The molecular weight excluding hydrogens is 348 g/mol. The predicted octanol–water partition coefficient (Wildman–Crippen LogP) is 2.87. The van der Waals surface area contributed by atoms with Crippen LogP contribution in [0.2, 0.25) is 0 Å². The normalized spacial score (nSPS) is 13.6. The number of ether oxygens (including phenoxy) is 1. The van der Waals surface area contributed by atoms with Crippen LogP contribution in [0.5, 0.6) is 5.75 Å². The van der Waals surface area contributed by atoms with Crippen molar-refractivity contribution in [1.29, 1.82) is 0 Å². The summed E-state index contributed by atoms with van der Waals surface area (Å²) < 4.78 is 33.2. The number of methoxy groups -OCH3 is 1. The number of fused-ring (bicyclic) bond motifs is 1. The molecule has 0 unspecified atom stereocenters. The van der Waals surface area contributed by atoms with Gasteiger partial charge in [-0.25, -0.2) is 8.42 Å². The average molecular weight is 369 g/mol. The lowest BCUT2D eigenvalue weighted by Gasteiger charge is -2.18. The van der Waals surface area contributed by atoms with E-state index >= 15 is 0 Å². The number of hydrogen-bond acceptors (Lipinski definition) is 4. The SMILES string of the molecule is COc1ccc(C)cc1S(=O)(=O)Nc1ccc2c(c1)CCNC2.Cl. The molecule has 0 radical (unpaired) electrons. The van der Waals surface area contributed by atoms with E-state index in [9.17, 15) is 8.42 Å². The van der Waals surface area contributed by atoms with E-state index in [0.717, 1.165) is 25.1 Å². The van der Waals surface area contributed by atoms with E-state index in [4.69, 9.17) is 4.74 Å². The molecule has 2 aromatic rings. The maximum Gasteiger partial charge on any atom is 0.265 e. The predicted molar refractivity (Wildman–Crippen MR) is 97.6 cm³/mol. The van der Waals surface area contributed by atoms with Crippen LogP contribution in [0.15, 0.2) is 41.3 Å². The number of halogens is 1. The molecule has 1 aliphatic heterocycles. The molecule has 7 heteroatoms. The van der Waals surface area contributed by atoms with Gasteiger partial charge in [-0.15, -0.1) is 12.4 Å². The summed E-state index contributed by atoms with van der Waals surface area (Å²) in [5, 5.41) is 3.30. The number of benzene rings is 2. The van der Waals surface area contributed by atoms with Gasteiger partial charge in [-0.2, -0.15) is 0 Å². The third-order valence-corrected chi connectivity index (χ3v) is 5.36. The standard InChI is InChI=1S/C17H20N2O3S.ClH/c1-12-3-6-16(22-2)17(9-12)23(20,21)19-15-5-4-14-11-18-8-7-13(14)10-15;/h3-6,9-10,18-19H,7-8,11H2,1-2H3;1H. The van der Waals surface area contributed by atoms with Crippen molar-refractivity contribution in [1.82, 2.24) is 5.32 Å². The molecule has 0 aliphatic carbocycles. The van der Waals surface area contributed by atoms with Crippen molar-refractivity contribution in [2.75, 3.05) is 18.4 Å². The summed E-state index contributed by atoms with van der Waals surface area (Å²) in [7, 11) is -2.23. The Morgan fingerprint density at radius 3 is 2.67 bits per heavy atom. The van der Waals surface area contributed by atoms with E-state index in [1.54, 1.807) is 18.2 Å². The second-order valence-electron chi connectivity index (χ2n) is 5.67. The summed E-state index contributed by atoms with van der Waals surface area (Å²) in [5.41, 5.74) is 3.84. The van der Waals surface area contributed by atoms with Crippen LogP contribution in [0, 0.1) is 6.92 Å². The van der Waals surface area contributed by atoms with Gasteiger partial charge in [-0.05, 0) is 60.8 Å². The number of hydrogen-bond donors (Lipinski definition) is 2. The molecule has 2 N–H and O–H groups in total. The van der Waals surface area contributed by atoms with Gasteiger partial charge in [-0.1, -0.05) is 12.1 Å². The average Bonchev–Trinajstić information content (AvgIpc) is 2.54. The van der Waals surface area contributed by atoms with Crippen molar-refractivity contribution in [3.63, 3.8) is 0 Å². The molecule has 0 aromatic heterocycles. The Bertz CT molecular complexity index is 838. The molecular formula is C17H21ClN2O3S. The van der Waals surface area contributed by atoms with E-state index in [1.165, 1.54) is 18.2 Å². The molecule has 2 aromatic carbocycles. The minimum absolute atomic E-state index is 0. The molecule has 3 rings (SSSR count). The fourth-order valence-corrected chi connectivity index (χ4v) is 4.05. The number of nitrogens with one attached hydrogen (secondary N) is 2. The largest absolute Gasteiger partial charge is 0.495 e. The maximum absolute atomic E-state index is 12.7. The smallest absolute Gasteiger partial charge is 0.265 e. The first-order valence-corrected chi connectivity index (χ1v) is 8.98. The number of aryl methyl sites for hydroxylation is 1. The molecule has 0 saturated heterocycles. The maximum atomic E-state index is 12.7. The summed E-state index contributed by atoms with van der Waals surface area (Å²) >= 11 is 0. The van der Waals surface area contributed by atoms with Crippen molar-refractivity contribution >= 4 is 28.1 Å². The zero-order chi connectivity index (χ0) is 16.4. The van der Waals surface area contributed by atoms with Crippen LogP contribution in [0.3, 0.4) is 0 Å². The highest BCUT2D eigenvalue weighted by molar-refractivity contribution is 7.92. The van der Waals surface area contributed by atoms with E-state index < -0.39 is 10.0 Å². The zero-order valence-corrected chi connectivity index (χ0v) is 15.3. The van der Waals surface area contributed by atoms with Gasteiger partial charge in [0.1, 0.15) is 10.6 Å². The van der Waals surface area contributed by atoms with Gasteiger partial charge in [0, 0.05) is 12.2 Å². The molecule has 1 aliphatic rings. The Balaban J connectivity index is 0.00000208. The third-order valence-electron chi connectivity index (χ3n) is 3.95. The molecule has 130 valence electrons. The van der Waals surface area contributed by atoms with Crippen LogP contribution in [0.4, 0.5) is 5.69 Å². The minimum Gasteiger partial charge on any atom is -0.495 e. The summed E-state index contributed by atoms with van der Waals surface area (Å²) in [6.45, 7) is 3.59. The summed E-state index contributed by atoms with van der Waals surface area (Å²) in [6, 6.07) is 10.8. The molecule has 0 atom stereocenters. The van der Waals surface area contributed by atoms with Gasteiger partial charge in [0.05, 0.1) is 7.11 Å². The lowest BCUT2D eigenvalue weighted by molar-refractivity contribution is 0.402. The first-order valence-electron chi connectivity index (χ1n) is 7.49. The first-order chi connectivity index (χ1) is 11.0. The van der Waals surface area contributed by atoms with Gasteiger partial charge in [0.25, 0.3) is 10.0 Å². The van der Waals surface area contributed by atoms with E-state index in [0.29, 0.717) is 11.4 Å². The highest BCUT2D eigenvalue weighted by Crippen LogP contribution is 2.28. The van der Waals surface area contributed by atoms with Crippen molar-refractivity contribution in [2.45, 2.75) is 24.8 Å². The summed E-state index contributed by atoms with van der Waals surface area (Å²) in [6.07, 6.45) is 0.901. The number of sulfonamides is 1. The van der Waals surface area contributed by atoms with Gasteiger partial charge < -0.3 is 10.1 Å².